The molecule has 2 heterocycles. The van der Waals surface area contributed by atoms with Gasteiger partial charge in [0.05, 0.1) is 5.70 Å². The fraction of sp³-hybridized carbons (Fsp3) is 0.211. The second kappa shape index (κ2) is 6.71. The Morgan fingerprint density at radius 2 is 1.76 bits per heavy atom. The van der Waals surface area contributed by atoms with Crippen LogP contribution in [0.25, 0.3) is 5.70 Å². The van der Waals surface area contributed by atoms with Crippen molar-refractivity contribution in [2.24, 2.45) is 10.7 Å². The highest BCUT2D eigenvalue weighted by Gasteiger charge is 2.32. The smallest absolute Gasteiger partial charge is 0.203 e. The number of aliphatic imine (C=N–C) groups is 1. The molecule has 2 aromatic rings. The van der Waals surface area contributed by atoms with Gasteiger partial charge < -0.3 is 15.5 Å². The van der Waals surface area contributed by atoms with Crippen molar-refractivity contribution >= 4 is 34.9 Å². The highest BCUT2D eigenvalue weighted by molar-refractivity contribution is 6.34. The van der Waals surface area contributed by atoms with Crippen molar-refractivity contribution in [2.45, 2.75) is 12.7 Å². The maximum absolute atomic E-state index is 6.35. The topological polar surface area (TPSA) is 44.9 Å². The molecule has 1 atom stereocenters. The Hall–Kier alpha value is -2.01. The van der Waals surface area contributed by atoms with Crippen LogP contribution < -0.4 is 5.73 Å². The summed E-state index contributed by atoms with van der Waals surface area (Å²) in [6, 6.07) is 15.7. The number of hydrogen-bond donors (Lipinski definition) is 1. The molecule has 4 nitrogen and oxygen atoms in total. The maximum atomic E-state index is 6.35. The number of nitrogens with two attached hydrogens (primary N) is 1. The van der Waals surface area contributed by atoms with E-state index < -0.39 is 0 Å². The molecule has 128 valence electrons. The molecule has 1 unspecified atom stereocenters. The summed E-state index contributed by atoms with van der Waals surface area (Å²) >= 11 is 12.3. The largest absolute Gasteiger partial charge is 0.336 e. The van der Waals surface area contributed by atoms with E-state index >= 15 is 0 Å². The normalized spacial score (nSPS) is 19.6. The van der Waals surface area contributed by atoms with E-state index in [1.165, 1.54) is 0 Å². The van der Waals surface area contributed by atoms with E-state index in [0.29, 0.717) is 16.6 Å². The first-order valence-electron chi connectivity index (χ1n) is 8.18. The zero-order valence-electron chi connectivity index (χ0n) is 13.6. The average Bonchev–Trinajstić information content (AvgIpc) is 2.98. The van der Waals surface area contributed by atoms with Gasteiger partial charge in [-0.15, -0.1) is 0 Å². The molecule has 6 heteroatoms. The molecule has 2 N–H and O–H groups in total. The van der Waals surface area contributed by atoms with E-state index in [4.69, 9.17) is 33.9 Å². The van der Waals surface area contributed by atoms with Gasteiger partial charge in [-0.2, -0.15) is 0 Å². The minimum Gasteiger partial charge on any atom is -0.336 e. The number of benzene rings is 2. The van der Waals surface area contributed by atoms with E-state index in [1.54, 1.807) is 6.07 Å². The molecule has 0 aromatic heterocycles. The predicted molar refractivity (Wildman–Crippen MR) is 103 cm³/mol. The molecular weight excluding hydrogens is 355 g/mol. The van der Waals surface area contributed by atoms with Crippen molar-refractivity contribution in [3.8, 4) is 0 Å². The van der Waals surface area contributed by atoms with E-state index in [1.807, 2.05) is 48.5 Å². The Labute approximate surface area is 157 Å². The molecule has 0 saturated carbocycles. The standard InChI is InChI=1S/C19H18Cl2N4/c20-15-8-13(9-16(21)10-15)12-24-6-7-25-18(22)11-17(23-19(24)25)14-4-2-1-3-5-14/h1-5,8-11,18H,6-7,12,22H2. The SMILES string of the molecule is NC1C=C(c2ccccc2)N=C2N(Cc3cc(Cl)cc(Cl)c3)CCN21. The molecule has 2 aliphatic heterocycles. The van der Waals surface area contributed by atoms with Gasteiger partial charge in [-0.05, 0) is 29.8 Å². The summed E-state index contributed by atoms with van der Waals surface area (Å²) in [5.41, 5.74) is 9.40. The Balaban J connectivity index is 1.63. The first-order chi connectivity index (χ1) is 12.1. The van der Waals surface area contributed by atoms with Crippen LogP contribution in [0.3, 0.4) is 0 Å². The second-order valence-corrected chi connectivity index (χ2v) is 7.09. The van der Waals surface area contributed by atoms with Crippen LogP contribution in [-0.4, -0.2) is 35.0 Å². The lowest BCUT2D eigenvalue weighted by molar-refractivity contribution is 0.396. The molecule has 1 fully saturated rings. The molecule has 1 saturated heterocycles. The lowest BCUT2D eigenvalue weighted by Crippen LogP contribution is -2.46. The monoisotopic (exact) mass is 372 g/mol. The van der Waals surface area contributed by atoms with Crippen LogP contribution >= 0.6 is 23.2 Å². The highest BCUT2D eigenvalue weighted by atomic mass is 35.5. The van der Waals surface area contributed by atoms with E-state index in [9.17, 15) is 0 Å². The van der Waals surface area contributed by atoms with Crippen LogP contribution in [0.1, 0.15) is 11.1 Å². The van der Waals surface area contributed by atoms with Gasteiger partial charge in [0.25, 0.3) is 0 Å². The van der Waals surface area contributed by atoms with Crippen molar-refractivity contribution in [2.75, 3.05) is 13.1 Å². The Bertz CT molecular complexity index is 828. The molecule has 0 spiro atoms. The van der Waals surface area contributed by atoms with E-state index in [0.717, 1.165) is 35.9 Å². The summed E-state index contributed by atoms with van der Waals surface area (Å²) < 4.78 is 0. The number of nitrogens with zero attached hydrogens (tertiary/aromatic N) is 3. The maximum Gasteiger partial charge on any atom is 0.203 e. The number of halogens is 2. The molecule has 0 aliphatic carbocycles. The van der Waals surface area contributed by atoms with Crippen LogP contribution in [-0.2, 0) is 6.54 Å². The zero-order valence-corrected chi connectivity index (χ0v) is 15.1. The van der Waals surface area contributed by atoms with Crippen LogP contribution in [0.5, 0.6) is 0 Å². The fourth-order valence-electron chi connectivity index (χ4n) is 3.27. The molecular formula is C19H18Cl2N4. The first kappa shape index (κ1) is 16.5. The van der Waals surface area contributed by atoms with Gasteiger partial charge in [-0.1, -0.05) is 53.5 Å². The van der Waals surface area contributed by atoms with Crippen LogP contribution in [0.2, 0.25) is 10.0 Å². The van der Waals surface area contributed by atoms with Crippen LogP contribution in [0.15, 0.2) is 59.6 Å². The van der Waals surface area contributed by atoms with Gasteiger partial charge in [0.2, 0.25) is 5.96 Å². The van der Waals surface area contributed by atoms with Crippen molar-refractivity contribution in [3.63, 3.8) is 0 Å². The Kier molecular flexibility index (Phi) is 4.42. The third-order valence-electron chi connectivity index (χ3n) is 4.42. The Morgan fingerprint density at radius 3 is 2.48 bits per heavy atom. The molecule has 0 radical (unpaired) electrons. The van der Waals surface area contributed by atoms with Crippen molar-refractivity contribution in [1.82, 2.24) is 9.80 Å². The van der Waals surface area contributed by atoms with Crippen LogP contribution in [0.4, 0.5) is 0 Å². The predicted octanol–water partition coefficient (Wildman–Crippen LogP) is 3.81. The van der Waals surface area contributed by atoms with E-state index in [2.05, 4.69) is 9.80 Å². The summed E-state index contributed by atoms with van der Waals surface area (Å²) in [5.74, 6) is 0.907. The van der Waals surface area contributed by atoms with Gasteiger partial charge in [-0.3, -0.25) is 0 Å². The number of rotatable bonds is 3. The van der Waals surface area contributed by atoms with Gasteiger partial charge in [-0.25, -0.2) is 4.99 Å². The van der Waals surface area contributed by atoms with Crippen molar-refractivity contribution in [1.29, 1.82) is 0 Å². The minimum atomic E-state index is -0.171. The number of fused-ring (bicyclic) bond motifs is 1. The minimum absolute atomic E-state index is 0.171. The Morgan fingerprint density at radius 1 is 1.04 bits per heavy atom. The summed E-state index contributed by atoms with van der Waals surface area (Å²) in [4.78, 5) is 9.21. The second-order valence-electron chi connectivity index (χ2n) is 6.21. The first-order valence-corrected chi connectivity index (χ1v) is 8.94. The lowest BCUT2D eigenvalue weighted by Gasteiger charge is -2.30. The summed E-state index contributed by atoms with van der Waals surface area (Å²) in [7, 11) is 0. The van der Waals surface area contributed by atoms with Crippen molar-refractivity contribution in [3.05, 3.63) is 75.8 Å². The molecule has 0 bridgehead atoms. The van der Waals surface area contributed by atoms with E-state index in [-0.39, 0.29) is 6.17 Å². The number of hydrogen-bond acceptors (Lipinski definition) is 4. The highest BCUT2D eigenvalue weighted by Crippen LogP contribution is 2.27. The molecule has 4 rings (SSSR count). The average molecular weight is 373 g/mol. The zero-order chi connectivity index (χ0) is 17.4. The van der Waals surface area contributed by atoms with Gasteiger partial charge in [0, 0.05) is 35.2 Å². The van der Waals surface area contributed by atoms with Crippen molar-refractivity contribution < 1.29 is 0 Å². The van der Waals surface area contributed by atoms with Gasteiger partial charge in [0.15, 0.2) is 0 Å². The summed E-state index contributed by atoms with van der Waals surface area (Å²) in [6.07, 6.45) is 1.84. The summed E-state index contributed by atoms with van der Waals surface area (Å²) in [6.45, 7) is 2.42. The summed E-state index contributed by atoms with van der Waals surface area (Å²) in [5, 5.41) is 1.29. The molecule has 25 heavy (non-hydrogen) atoms. The quantitative estimate of drug-likeness (QED) is 0.890. The third kappa shape index (κ3) is 3.38. The van der Waals surface area contributed by atoms with Gasteiger partial charge in [0.1, 0.15) is 6.17 Å². The third-order valence-corrected chi connectivity index (χ3v) is 4.86. The molecule has 2 aromatic carbocycles. The van der Waals surface area contributed by atoms with Gasteiger partial charge >= 0.3 is 0 Å². The lowest BCUT2D eigenvalue weighted by atomic mass is 10.1. The molecule has 0 amide bonds. The fourth-order valence-corrected chi connectivity index (χ4v) is 3.84. The molecule has 2 aliphatic rings. The van der Waals surface area contributed by atoms with Crippen LogP contribution in [0, 0.1) is 0 Å². The number of guanidine groups is 1.